The molecule has 0 aliphatic carbocycles. The summed E-state index contributed by atoms with van der Waals surface area (Å²) in [5.74, 6) is -0.662. The SMILES string of the molecule is Cc1ccccc1/C=C/C(=O)c1ccc(N2C(=O)CC(Sc3cccc(N)c3)C2=O)cc1. The lowest BCUT2D eigenvalue weighted by Gasteiger charge is -2.15. The Hall–Kier alpha value is -3.64. The average Bonchev–Trinajstić information content (AvgIpc) is 3.06. The fourth-order valence-corrected chi connectivity index (χ4v) is 4.65. The highest BCUT2D eigenvalue weighted by Crippen LogP contribution is 2.34. The molecule has 3 aromatic carbocycles. The summed E-state index contributed by atoms with van der Waals surface area (Å²) in [6.45, 7) is 1.99. The summed E-state index contributed by atoms with van der Waals surface area (Å²) in [6, 6.07) is 21.6. The number of hydrogen-bond donors (Lipinski definition) is 1. The van der Waals surface area contributed by atoms with Gasteiger partial charge in [0, 0.05) is 22.6 Å². The lowest BCUT2D eigenvalue weighted by atomic mass is 10.1. The minimum atomic E-state index is -0.498. The van der Waals surface area contributed by atoms with E-state index in [0.29, 0.717) is 16.9 Å². The maximum atomic E-state index is 12.9. The molecule has 2 N–H and O–H groups in total. The van der Waals surface area contributed by atoms with Gasteiger partial charge in [-0.15, -0.1) is 11.8 Å². The number of carbonyl (C=O) groups is 3. The molecule has 2 amide bonds. The molecule has 0 spiro atoms. The molecule has 1 aliphatic heterocycles. The van der Waals surface area contributed by atoms with Crippen LogP contribution in [0, 0.1) is 6.92 Å². The number of anilines is 2. The van der Waals surface area contributed by atoms with E-state index in [2.05, 4.69) is 0 Å². The van der Waals surface area contributed by atoms with Crippen molar-refractivity contribution in [3.63, 3.8) is 0 Å². The molecule has 4 rings (SSSR count). The summed E-state index contributed by atoms with van der Waals surface area (Å²) in [7, 11) is 0. The predicted octanol–water partition coefficient (Wildman–Crippen LogP) is 4.90. The van der Waals surface area contributed by atoms with Crippen molar-refractivity contribution in [2.45, 2.75) is 23.5 Å². The average molecular weight is 443 g/mol. The first-order valence-electron chi connectivity index (χ1n) is 10.2. The number of thioether (sulfide) groups is 1. The van der Waals surface area contributed by atoms with Crippen LogP contribution in [0.15, 0.2) is 83.8 Å². The highest BCUT2D eigenvalue weighted by atomic mass is 32.2. The van der Waals surface area contributed by atoms with E-state index in [0.717, 1.165) is 16.0 Å². The molecule has 6 heteroatoms. The van der Waals surface area contributed by atoms with Gasteiger partial charge >= 0.3 is 0 Å². The molecule has 3 aromatic rings. The molecule has 0 aromatic heterocycles. The molecule has 1 fully saturated rings. The largest absolute Gasteiger partial charge is 0.399 e. The second kappa shape index (κ2) is 9.24. The Balaban J connectivity index is 1.46. The van der Waals surface area contributed by atoms with Crippen LogP contribution in [0.4, 0.5) is 11.4 Å². The first-order valence-corrected chi connectivity index (χ1v) is 11.1. The van der Waals surface area contributed by atoms with Gasteiger partial charge in [-0.25, -0.2) is 4.90 Å². The molecule has 1 atom stereocenters. The van der Waals surface area contributed by atoms with Gasteiger partial charge in [0.2, 0.25) is 11.8 Å². The van der Waals surface area contributed by atoms with Crippen molar-refractivity contribution in [3.8, 4) is 0 Å². The van der Waals surface area contributed by atoms with Crippen LogP contribution in [-0.2, 0) is 9.59 Å². The van der Waals surface area contributed by atoms with Crippen LogP contribution in [0.3, 0.4) is 0 Å². The standard InChI is InChI=1S/C26H22N2O3S/c1-17-5-2-3-6-18(17)11-14-23(29)19-9-12-21(13-10-19)28-25(30)16-24(26(28)31)32-22-8-4-7-20(27)15-22/h2-15,24H,16,27H2,1H3/b14-11+. The van der Waals surface area contributed by atoms with Crippen molar-refractivity contribution < 1.29 is 14.4 Å². The first kappa shape index (κ1) is 21.6. The van der Waals surface area contributed by atoms with E-state index in [1.54, 1.807) is 42.5 Å². The third kappa shape index (κ3) is 4.65. The van der Waals surface area contributed by atoms with Gasteiger partial charge in [-0.1, -0.05) is 36.4 Å². The smallest absolute Gasteiger partial charge is 0.247 e. The second-order valence-corrected chi connectivity index (χ2v) is 8.83. The first-order chi connectivity index (χ1) is 15.4. The van der Waals surface area contributed by atoms with E-state index < -0.39 is 5.25 Å². The number of rotatable bonds is 6. The quantitative estimate of drug-likeness (QED) is 0.254. The molecule has 0 saturated carbocycles. The van der Waals surface area contributed by atoms with E-state index >= 15 is 0 Å². The van der Waals surface area contributed by atoms with Crippen LogP contribution in [0.5, 0.6) is 0 Å². The van der Waals surface area contributed by atoms with Crippen molar-refractivity contribution >= 4 is 46.8 Å². The van der Waals surface area contributed by atoms with Gasteiger partial charge in [0.15, 0.2) is 5.78 Å². The van der Waals surface area contributed by atoms with Crippen LogP contribution < -0.4 is 10.6 Å². The topological polar surface area (TPSA) is 80.5 Å². The number of nitrogens with zero attached hydrogens (tertiary/aromatic N) is 1. The Morgan fingerprint density at radius 1 is 1.03 bits per heavy atom. The zero-order valence-electron chi connectivity index (χ0n) is 17.5. The number of aryl methyl sites for hydroxylation is 1. The van der Waals surface area contributed by atoms with Gasteiger partial charge in [0.25, 0.3) is 0 Å². The summed E-state index contributed by atoms with van der Waals surface area (Å²) >= 11 is 1.33. The van der Waals surface area contributed by atoms with Crippen molar-refractivity contribution in [3.05, 3.63) is 95.6 Å². The van der Waals surface area contributed by atoms with E-state index in [1.807, 2.05) is 43.3 Å². The molecule has 0 radical (unpaired) electrons. The van der Waals surface area contributed by atoms with Crippen LogP contribution in [0.1, 0.15) is 27.9 Å². The number of amides is 2. The van der Waals surface area contributed by atoms with Gasteiger partial charge < -0.3 is 5.73 Å². The summed E-state index contributed by atoms with van der Waals surface area (Å²) in [6.07, 6.45) is 3.44. The van der Waals surface area contributed by atoms with Gasteiger partial charge in [0.1, 0.15) is 0 Å². The highest BCUT2D eigenvalue weighted by molar-refractivity contribution is 8.00. The Bertz CT molecular complexity index is 1220. The lowest BCUT2D eigenvalue weighted by Crippen LogP contribution is -2.31. The number of imide groups is 1. The number of carbonyl (C=O) groups excluding carboxylic acids is 3. The number of allylic oxidation sites excluding steroid dienone is 1. The number of nitrogen functional groups attached to an aromatic ring is 1. The van der Waals surface area contributed by atoms with Crippen molar-refractivity contribution in [2.75, 3.05) is 10.6 Å². The number of hydrogen-bond acceptors (Lipinski definition) is 5. The molecule has 1 unspecified atom stereocenters. The maximum Gasteiger partial charge on any atom is 0.247 e. The molecule has 1 aliphatic rings. The monoisotopic (exact) mass is 442 g/mol. The molecule has 32 heavy (non-hydrogen) atoms. The predicted molar refractivity (Wildman–Crippen MR) is 129 cm³/mol. The number of nitrogens with two attached hydrogens (primary N) is 1. The molecule has 1 saturated heterocycles. The fraction of sp³-hybridized carbons (Fsp3) is 0.115. The van der Waals surface area contributed by atoms with Crippen molar-refractivity contribution in [1.82, 2.24) is 0 Å². The Kier molecular flexibility index (Phi) is 6.23. The van der Waals surface area contributed by atoms with Crippen molar-refractivity contribution in [2.24, 2.45) is 0 Å². The summed E-state index contributed by atoms with van der Waals surface area (Å²) in [5, 5.41) is -0.498. The highest BCUT2D eigenvalue weighted by Gasteiger charge is 2.40. The van der Waals surface area contributed by atoms with E-state index in [4.69, 9.17) is 5.73 Å². The molecule has 0 bridgehead atoms. The van der Waals surface area contributed by atoms with Gasteiger partial charge in [-0.05, 0) is 66.6 Å². The molecule has 160 valence electrons. The lowest BCUT2D eigenvalue weighted by molar-refractivity contribution is -0.121. The Morgan fingerprint density at radius 3 is 2.50 bits per heavy atom. The molecule has 5 nitrogen and oxygen atoms in total. The Morgan fingerprint density at radius 2 is 1.78 bits per heavy atom. The number of ketones is 1. The van der Waals surface area contributed by atoms with Crippen LogP contribution in [-0.4, -0.2) is 22.8 Å². The summed E-state index contributed by atoms with van der Waals surface area (Å²) in [4.78, 5) is 40.0. The zero-order chi connectivity index (χ0) is 22.7. The van der Waals surface area contributed by atoms with Crippen LogP contribution >= 0.6 is 11.8 Å². The minimum Gasteiger partial charge on any atom is -0.399 e. The molecular weight excluding hydrogens is 420 g/mol. The molecule has 1 heterocycles. The van der Waals surface area contributed by atoms with Gasteiger partial charge in [-0.2, -0.15) is 0 Å². The van der Waals surface area contributed by atoms with E-state index in [9.17, 15) is 14.4 Å². The van der Waals surface area contributed by atoms with Crippen LogP contribution in [0.2, 0.25) is 0 Å². The summed E-state index contributed by atoms with van der Waals surface area (Å²) in [5.41, 5.74) is 9.44. The van der Waals surface area contributed by atoms with Gasteiger partial charge in [-0.3, -0.25) is 14.4 Å². The van der Waals surface area contributed by atoms with E-state index in [1.165, 1.54) is 22.7 Å². The fourth-order valence-electron chi connectivity index (χ4n) is 3.53. The maximum absolute atomic E-state index is 12.9. The number of benzene rings is 3. The third-order valence-electron chi connectivity index (χ3n) is 5.25. The van der Waals surface area contributed by atoms with Gasteiger partial charge in [0.05, 0.1) is 10.9 Å². The normalized spacial score (nSPS) is 16.2. The summed E-state index contributed by atoms with van der Waals surface area (Å²) < 4.78 is 0. The third-order valence-corrected chi connectivity index (χ3v) is 6.43. The minimum absolute atomic E-state index is 0.123. The zero-order valence-corrected chi connectivity index (χ0v) is 18.3. The van der Waals surface area contributed by atoms with Crippen LogP contribution in [0.25, 0.3) is 6.08 Å². The molecular formula is C26H22N2O3S. The van der Waals surface area contributed by atoms with E-state index in [-0.39, 0.29) is 24.0 Å². The Labute approximate surface area is 190 Å². The van der Waals surface area contributed by atoms with Crippen molar-refractivity contribution in [1.29, 1.82) is 0 Å². The second-order valence-electron chi connectivity index (χ2n) is 7.55.